The van der Waals surface area contributed by atoms with E-state index in [0.717, 1.165) is 12.2 Å². The van der Waals surface area contributed by atoms with Gasteiger partial charge >= 0.3 is 0 Å². The third-order valence-electron chi connectivity index (χ3n) is 3.57. The van der Waals surface area contributed by atoms with Gasteiger partial charge in [-0.05, 0) is 24.8 Å². The Morgan fingerprint density at radius 3 is 2.88 bits per heavy atom. The SMILES string of the molecule is CCC(C)c1cccc2c1OC(C)C2NOC. The van der Waals surface area contributed by atoms with Crippen LogP contribution in [0.25, 0.3) is 0 Å². The average molecular weight is 235 g/mol. The molecule has 2 rings (SSSR count). The monoisotopic (exact) mass is 235 g/mol. The Bertz CT molecular complexity index is 392. The molecule has 1 heterocycles. The van der Waals surface area contributed by atoms with Crippen LogP contribution < -0.4 is 10.2 Å². The second kappa shape index (κ2) is 5.07. The Hall–Kier alpha value is -1.06. The van der Waals surface area contributed by atoms with Crippen molar-refractivity contribution in [1.82, 2.24) is 5.48 Å². The van der Waals surface area contributed by atoms with E-state index in [0.29, 0.717) is 5.92 Å². The van der Waals surface area contributed by atoms with E-state index in [1.165, 1.54) is 11.1 Å². The van der Waals surface area contributed by atoms with Gasteiger partial charge in [0.05, 0.1) is 13.2 Å². The van der Waals surface area contributed by atoms with Crippen LogP contribution in [0.3, 0.4) is 0 Å². The molecule has 0 aliphatic carbocycles. The molecule has 17 heavy (non-hydrogen) atoms. The van der Waals surface area contributed by atoms with Crippen LogP contribution in [0.15, 0.2) is 18.2 Å². The molecule has 0 saturated carbocycles. The highest BCUT2D eigenvalue weighted by atomic mass is 16.6. The largest absolute Gasteiger partial charge is 0.488 e. The standard InChI is InChI=1S/C14H21NO2/c1-5-9(2)11-7-6-8-12-13(15-16-4)10(3)17-14(11)12/h6-10,13,15H,5H2,1-4H3. The normalized spacial score (nSPS) is 24.2. The van der Waals surface area contributed by atoms with E-state index in [-0.39, 0.29) is 12.1 Å². The van der Waals surface area contributed by atoms with Crippen molar-refractivity contribution < 1.29 is 9.57 Å². The zero-order chi connectivity index (χ0) is 12.4. The quantitative estimate of drug-likeness (QED) is 0.813. The van der Waals surface area contributed by atoms with Crippen LogP contribution in [0.4, 0.5) is 0 Å². The second-order valence-electron chi connectivity index (χ2n) is 4.70. The van der Waals surface area contributed by atoms with Gasteiger partial charge in [-0.25, -0.2) is 0 Å². The minimum absolute atomic E-state index is 0.107. The molecule has 1 N–H and O–H groups in total. The topological polar surface area (TPSA) is 30.5 Å². The molecule has 0 radical (unpaired) electrons. The molecule has 3 atom stereocenters. The Morgan fingerprint density at radius 1 is 1.47 bits per heavy atom. The van der Waals surface area contributed by atoms with Gasteiger partial charge in [-0.15, -0.1) is 0 Å². The molecule has 0 spiro atoms. The lowest BCUT2D eigenvalue weighted by Gasteiger charge is -2.14. The molecule has 3 nitrogen and oxygen atoms in total. The molecule has 1 aromatic carbocycles. The van der Waals surface area contributed by atoms with Crippen molar-refractivity contribution in [2.45, 2.75) is 45.3 Å². The van der Waals surface area contributed by atoms with Gasteiger partial charge in [0.1, 0.15) is 11.9 Å². The average Bonchev–Trinajstić information content (AvgIpc) is 2.65. The van der Waals surface area contributed by atoms with Gasteiger partial charge in [-0.1, -0.05) is 32.0 Å². The van der Waals surface area contributed by atoms with Gasteiger partial charge in [0.2, 0.25) is 0 Å². The van der Waals surface area contributed by atoms with Crippen molar-refractivity contribution >= 4 is 0 Å². The molecule has 0 bridgehead atoms. The summed E-state index contributed by atoms with van der Waals surface area (Å²) >= 11 is 0. The van der Waals surface area contributed by atoms with Crippen molar-refractivity contribution in [1.29, 1.82) is 0 Å². The summed E-state index contributed by atoms with van der Waals surface area (Å²) in [5.74, 6) is 1.57. The molecule has 0 saturated heterocycles. The summed E-state index contributed by atoms with van der Waals surface area (Å²) in [5, 5.41) is 0. The summed E-state index contributed by atoms with van der Waals surface area (Å²) < 4.78 is 5.98. The number of hydroxylamine groups is 1. The summed E-state index contributed by atoms with van der Waals surface area (Å²) in [6.45, 7) is 6.51. The lowest BCUT2D eigenvalue weighted by atomic mass is 9.94. The Balaban J connectivity index is 2.38. The summed E-state index contributed by atoms with van der Waals surface area (Å²) in [6.07, 6.45) is 1.23. The maximum Gasteiger partial charge on any atom is 0.128 e. The molecular formula is C14H21NO2. The van der Waals surface area contributed by atoms with E-state index in [4.69, 9.17) is 9.57 Å². The lowest BCUT2D eigenvalue weighted by molar-refractivity contribution is 0.0338. The van der Waals surface area contributed by atoms with Gasteiger partial charge in [0.25, 0.3) is 0 Å². The highest BCUT2D eigenvalue weighted by Crippen LogP contribution is 2.42. The van der Waals surface area contributed by atoms with Crippen molar-refractivity contribution in [3.05, 3.63) is 29.3 Å². The first-order valence-electron chi connectivity index (χ1n) is 6.27. The highest BCUT2D eigenvalue weighted by Gasteiger charge is 2.33. The molecule has 0 fully saturated rings. The minimum Gasteiger partial charge on any atom is -0.488 e. The summed E-state index contributed by atoms with van der Waals surface area (Å²) in [7, 11) is 1.64. The van der Waals surface area contributed by atoms with Crippen molar-refractivity contribution in [3.63, 3.8) is 0 Å². The highest BCUT2D eigenvalue weighted by molar-refractivity contribution is 5.48. The Kier molecular flexibility index (Phi) is 3.69. The van der Waals surface area contributed by atoms with Gasteiger partial charge in [-0.2, -0.15) is 5.48 Å². The first kappa shape index (κ1) is 12.4. The number of ether oxygens (including phenoxy) is 1. The second-order valence-corrected chi connectivity index (χ2v) is 4.70. The van der Waals surface area contributed by atoms with Crippen LogP contribution in [0.2, 0.25) is 0 Å². The number of fused-ring (bicyclic) bond motifs is 1. The van der Waals surface area contributed by atoms with E-state index >= 15 is 0 Å². The number of rotatable bonds is 4. The van der Waals surface area contributed by atoms with E-state index in [1.807, 2.05) is 0 Å². The molecule has 1 aromatic rings. The van der Waals surface area contributed by atoms with Crippen molar-refractivity contribution in [3.8, 4) is 5.75 Å². The minimum atomic E-state index is 0.107. The number of hydrogen-bond donors (Lipinski definition) is 1. The molecule has 94 valence electrons. The fraction of sp³-hybridized carbons (Fsp3) is 0.571. The predicted octanol–water partition coefficient (Wildman–Crippen LogP) is 3.17. The van der Waals surface area contributed by atoms with E-state index in [1.54, 1.807) is 7.11 Å². The molecule has 3 unspecified atom stereocenters. The zero-order valence-electron chi connectivity index (χ0n) is 11.0. The zero-order valence-corrected chi connectivity index (χ0v) is 11.0. The van der Waals surface area contributed by atoms with Crippen molar-refractivity contribution in [2.75, 3.05) is 7.11 Å². The van der Waals surface area contributed by atoms with Crippen LogP contribution >= 0.6 is 0 Å². The van der Waals surface area contributed by atoms with Gasteiger partial charge in [0.15, 0.2) is 0 Å². The molecule has 1 aliphatic heterocycles. The van der Waals surface area contributed by atoms with Gasteiger partial charge in [0, 0.05) is 5.56 Å². The maximum absolute atomic E-state index is 5.98. The fourth-order valence-corrected chi connectivity index (χ4v) is 2.36. The van der Waals surface area contributed by atoms with E-state index in [2.05, 4.69) is 44.5 Å². The van der Waals surface area contributed by atoms with Gasteiger partial charge in [-0.3, -0.25) is 0 Å². The molecular weight excluding hydrogens is 214 g/mol. The third kappa shape index (κ3) is 2.17. The van der Waals surface area contributed by atoms with Crippen LogP contribution in [-0.4, -0.2) is 13.2 Å². The number of para-hydroxylation sites is 1. The summed E-state index contributed by atoms with van der Waals surface area (Å²) in [5.41, 5.74) is 5.52. The Labute approximate surface area is 103 Å². The maximum atomic E-state index is 5.98. The van der Waals surface area contributed by atoms with Gasteiger partial charge < -0.3 is 9.57 Å². The number of nitrogens with one attached hydrogen (secondary N) is 1. The third-order valence-corrected chi connectivity index (χ3v) is 3.57. The van der Waals surface area contributed by atoms with Crippen molar-refractivity contribution in [2.24, 2.45) is 0 Å². The molecule has 0 amide bonds. The van der Waals surface area contributed by atoms with E-state index in [9.17, 15) is 0 Å². The van der Waals surface area contributed by atoms with Crippen LogP contribution in [-0.2, 0) is 4.84 Å². The van der Waals surface area contributed by atoms with E-state index < -0.39 is 0 Å². The smallest absolute Gasteiger partial charge is 0.128 e. The number of hydrogen-bond acceptors (Lipinski definition) is 3. The van der Waals surface area contributed by atoms with Crippen LogP contribution in [0, 0.1) is 0 Å². The van der Waals surface area contributed by atoms with Crippen LogP contribution in [0.1, 0.15) is 50.3 Å². The van der Waals surface area contributed by atoms with Crippen LogP contribution in [0.5, 0.6) is 5.75 Å². The summed E-state index contributed by atoms with van der Waals surface area (Å²) in [6, 6.07) is 6.50. The first-order valence-corrected chi connectivity index (χ1v) is 6.27. The molecule has 0 aromatic heterocycles. The molecule has 1 aliphatic rings. The summed E-state index contributed by atoms with van der Waals surface area (Å²) in [4.78, 5) is 5.05. The predicted molar refractivity (Wildman–Crippen MR) is 68.1 cm³/mol. The number of benzene rings is 1. The fourth-order valence-electron chi connectivity index (χ4n) is 2.36. The first-order chi connectivity index (χ1) is 8.19. The molecule has 3 heteroatoms. The Morgan fingerprint density at radius 2 is 2.24 bits per heavy atom. The lowest BCUT2D eigenvalue weighted by Crippen LogP contribution is -2.27.